The van der Waals surface area contributed by atoms with E-state index in [9.17, 15) is 0 Å². The lowest BCUT2D eigenvalue weighted by Gasteiger charge is -2.27. The number of hydrogen-bond donors (Lipinski definition) is 1. The standard InChI is InChI=1S/C19H31N3OS.HI/c1-16(24-18-7-5-4-6-8-18)15-21-19(20-2)22(3)12-9-17-10-13-23-14-11-17;/h4-8,16-17H,9-15H2,1-3H3,(H,20,21);1H. The molecular weight excluding hydrogens is 445 g/mol. The summed E-state index contributed by atoms with van der Waals surface area (Å²) in [5.74, 6) is 1.79. The number of ether oxygens (including phenoxy) is 1. The number of benzene rings is 1. The van der Waals surface area contributed by atoms with E-state index < -0.39 is 0 Å². The van der Waals surface area contributed by atoms with E-state index >= 15 is 0 Å². The second kappa shape index (κ2) is 12.8. The number of aliphatic imine (C=N–C) groups is 1. The normalized spacial score (nSPS) is 16.8. The summed E-state index contributed by atoms with van der Waals surface area (Å²) in [5, 5.41) is 4.00. The van der Waals surface area contributed by atoms with Crippen LogP contribution in [-0.4, -0.2) is 56.5 Å². The van der Waals surface area contributed by atoms with Crippen molar-refractivity contribution in [3.63, 3.8) is 0 Å². The van der Waals surface area contributed by atoms with Crippen LogP contribution >= 0.6 is 35.7 Å². The van der Waals surface area contributed by atoms with Gasteiger partial charge in [-0.05, 0) is 37.3 Å². The Hall–Kier alpha value is -0.470. The van der Waals surface area contributed by atoms with Crippen LogP contribution in [0.5, 0.6) is 0 Å². The van der Waals surface area contributed by atoms with E-state index in [0.717, 1.165) is 38.2 Å². The fraction of sp³-hybridized carbons (Fsp3) is 0.632. The SMILES string of the molecule is CN=C(NCC(C)Sc1ccccc1)N(C)CCC1CCOCC1.I. The van der Waals surface area contributed by atoms with Crippen LogP contribution in [0, 0.1) is 5.92 Å². The number of nitrogens with zero attached hydrogens (tertiary/aromatic N) is 2. The fourth-order valence-electron chi connectivity index (χ4n) is 2.91. The van der Waals surface area contributed by atoms with Crippen molar-refractivity contribution < 1.29 is 4.74 Å². The van der Waals surface area contributed by atoms with Crippen LogP contribution in [-0.2, 0) is 4.74 Å². The quantitative estimate of drug-likeness (QED) is 0.278. The molecule has 142 valence electrons. The van der Waals surface area contributed by atoms with Crippen molar-refractivity contribution in [2.45, 2.75) is 36.3 Å². The first-order valence-electron chi connectivity index (χ1n) is 8.90. The van der Waals surface area contributed by atoms with Crippen molar-refractivity contribution in [3.05, 3.63) is 30.3 Å². The van der Waals surface area contributed by atoms with E-state index in [-0.39, 0.29) is 24.0 Å². The van der Waals surface area contributed by atoms with Crippen molar-refractivity contribution in [1.29, 1.82) is 0 Å². The van der Waals surface area contributed by atoms with Gasteiger partial charge in [-0.25, -0.2) is 0 Å². The van der Waals surface area contributed by atoms with E-state index in [2.05, 4.69) is 59.5 Å². The minimum Gasteiger partial charge on any atom is -0.381 e. The van der Waals surface area contributed by atoms with Gasteiger partial charge in [0.2, 0.25) is 0 Å². The van der Waals surface area contributed by atoms with Gasteiger partial charge < -0.3 is 15.0 Å². The molecule has 1 aliphatic rings. The van der Waals surface area contributed by atoms with E-state index in [1.54, 1.807) is 0 Å². The second-order valence-corrected chi connectivity index (χ2v) is 7.95. The molecule has 0 bridgehead atoms. The molecule has 0 amide bonds. The molecular formula is C19H32IN3OS. The summed E-state index contributed by atoms with van der Waals surface area (Å²) in [6.07, 6.45) is 3.62. The Morgan fingerprint density at radius 1 is 1.32 bits per heavy atom. The maximum Gasteiger partial charge on any atom is 0.193 e. The molecule has 1 aromatic carbocycles. The topological polar surface area (TPSA) is 36.9 Å². The average molecular weight is 477 g/mol. The fourth-order valence-corrected chi connectivity index (χ4v) is 3.86. The highest BCUT2D eigenvalue weighted by atomic mass is 127. The zero-order chi connectivity index (χ0) is 17.2. The van der Waals surface area contributed by atoms with Crippen molar-refractivity contribution in [3.8, 4) is 0 Å². The highest BCUT2D eigenvalue weighted by Crippen LogP contribution is 2.22. The molecule has 6 heteroatoms. The Morgan fingerprint density at radius 3 is 2.64 bits per heavy atom. The molecule has 1 unspecified atom stereocenters. The lowest BCUT2D eigenvalue weighted by Crippen LogP contribution is -2.42. The molecule has 1 saturated heterocycles. The van der Waals surface area contributed by atoms with Crippen LogP contribution in [0.25, 0.3) is 0 Å². The summed E-state index contributed by atoms with van der Waals surface area (Å²) in [5.41, 5.74) is 0. The molecule has 0 aromatic heterocycles. The Morgan fingerprint density at radius 2 is 2.00 bits per heavy atom. The molecule has 1 heterocycles. The van der Waals surface area contributed by atoms with Crippen LogP contribution in [0.4, 0.5) is 0 Å². The molecule has 0 saturated carbocycles. The first-order chi connectivity index (χ1) is 11.7. The number of rotatable bonds is 7. The zero-order valence-corrected chi connectivity index (χ0v) is 18.8. The highest BCUT2D eigenvalue weighted by molar-refractivity contribution is 14.0. The Kier molecular flexibility index (Phi) is 11.6. The largest absolute Gasteiger partial charge is 0.381 e. The van der Waals surface area contributed by atoms with Crippen molar-refractivity contribution in [1.82, 2.24) is 10.2 Å². The van der Waals surface area contributed by atoms with Crippen LogP contribution in [0.1, 0.15) is 26.2 Å². The molecule has 1 fully saturated rings. The molecule has 2 rings (SSSR count). The molecule has 0 spiro atoms. The number of halogens is 1. The predicted octanol–water partition coefficient (Wildman–Crippen LogP) is 4.11. The number of nitrogens with one attached hydrogen (secondary N) is 1. The van der Waals surface area contributed by atoms with E-state index in [1.807, 2.05) is 18.8 Å². The average Bonchev–Trinajstić information content (AvgIpc) is 2.62. The van der Waals surface area contributed by atoms with Crippen LogP contribution in [0.2, 0.25) is 0 Å². The van der Waals surface area contributed by atoms with Gasteiger partial charge in [0.15, 0.2) is 5.96 Å². The van der Waals surface area contributed by atoms with E-state index in [0.29, 0.717) is 5.25 Å². The molecule has 25 heavy (non-hydrogen) atoms. The first-order valence-corrected chi connectivity index (χ1v) is 9.78. The Labute approximate surface area is 174 Å². The molecule has 1 atom stereocenters. The van der Waals surface area contributed by atoms with Gasteiger partial charge >= 0.3 is 0 Å². The molecule has 1 N–H and O–H groups in total. The minimum atomic E-state index is 0. The summed E-state index contributed by atoms with van der Waals surface area (Å²) in [6.45, 7) is 6.06. The number of thioether (sulfide) groups is 1. The third kappa shape index (κ3) is 8.64. The second-order valence-electron chi connectivity index (χ2n) is 6.44. The predicted molar refractivity (Wildman–Crippen MR) is 119 cm³/mol. The van der Waals surface area contributed by atoms with Gasteiger partial charge in [-0.1, -0.05) is 25.1 Å². The Balaban J connectivity index is 0.00000312. The van der Waals surface area contributed by atoms with Gasteiger partial charge in [0.25, 0.3) is 0 Å². The van der Waals surface area contributed by atoms with Gasteiger partial charge in [0, 0.05) is 50.5 Å². The monoisotopic (exact) mass is 477 g/mol. The van der Waals surface area contributed by atoms with Gasteiger partial charge in [-0.2, -0.15) is 0 Å². The molecule has 4 nitrogen and oxygen atoms in total. The minimum absolute atomic E-state index is 0. The highest BCUT2D eigenvalue weighted by Gasteiger charge is 2.15. The van der Waals surface area contributed by atoms with Gasteiger partial charge in [-0.15, -0.1) is 35.7 Å². The lowest BCUT2D eigenvalue weighted by molar-refractivity contribution is 0.0625. The van der Waals surface area contributed by atoms with E-state index in [4.69, 9.17) is 4.74 Å². The molecule has 1 aromatic rings. The summed E-state index contributed by atoms with van der Waals surface area (Å²) in [4.78, 5) is 7.99. The Bertz CT molecular complexity index is 495. The maximum atomic E-state index is 5.44. The van der Waals surface area contributed by atoms with Crippen molar-refractivity contribution >= 4 is 41.7 Å². The van der Waals surface area contributed by atoms with Crippen LogP contribution < -0.4 is 5.32 Å². The lowest BCUT2D eigenvalue weighted by atomic mass is 9.96. The smallest absolute Gasteiger partial charge is 0.193 e. The van der Waals surface area contributed by atoms with Gasteiger partial charge in [0.05, 0.1) is 0 Å². The summed E-state index contributed by atoms with van der Waals surface area (Å²) < 4.78 is 5.44. The molecule has 0 aliphatic carbocycles. The van der Waals surface area contributed by atoms with Crippen molar-refractivity contribution in [2.24, 2.45) is 10.9 Å². The zero-order valence-electron chi connectivity index (χ0n) is 15.6. The number of guanidine groups is 1. The third-order valence-electron chi connectivity index (χ3n) is 4.42. The summed E-state index contributed by atoms with van der Waals surface area (Å²) in [6, 6.07) is 10.6. The van der Waals surface area contributed by atoms with E-state index in [1.165, 1.54) is 24.2 Å². The molecule has 1 aliphatic heterocycles. The molecule has 0 radical (unpaired) electrons. The summed E-state index contributed by atoms with van der Waals surface area (Å²) >= 11 is 1.89. The van der Waals surface area contributed by atoms with Crippen molar-refractivity contribution in [2.75, 3.05) is 40.4 Å². The number of hydrogen-bond acceptors (Lipinski definition) is 3. The van der Waals surface area contributed by atoms with Gasteiger partial charge in [-0.3, -0.25) is 4.99 Å². The third-order valence-corrected chi connectivity index (χ3v) is 5.53. The van der Waals surface area contributed by atoms with Gasteiger partial charge in [0.1, 0.15) is 0 Å². The van der Waals surface area contributed by atoms with Crippen LogP contribution in [0.3, 0.4) is 0 Å². The maximum absolute atomic E-state index is 5.44. The first kappa shape index (κ1) is 22.6. The van der Waals surface area contributed by atoms with Crippen LogP contribution in [0.15, 0.2) is 40.2 Å². The summed E-state index contributed by atoms with van der Waals surface area (Å²) in [7, 11) is 3.99.